The molecule has 0 aromatic carbocycles. The molecular weight excluding hydrogens is 186 g/mol. The number of hydrogen-bond acceptors (Lipinski definition) is 3. The molecule has 1 aliphatic carbocycles. The van der Waals surface area contributed by atoms with Crippen LogP contribution in [0.15, 0.2) is 24.5 Å². The zero-order valence-corrected chi connectivity index (χ0v) is 9.06. The SMILES string of the molecule is CN(CC1C2CNCC21)c1ccncc1. The first-order valence-electron chi connectivity index (χ1n) is 5.68. The molecule has 2 atom stereocenters. The van der Waals surface area contributed by atoms with Gasteiger partial charge in [-0.3, -0.25) is 4.98 Å². The lowest BCUT2D eigenvalue weighted by atomic mass is 10.2. The van der Waals surface area contributed by atoms with E-state index in [1.807, 2.05) is 12.4 Å². The van der Waals surface area contributed by atoms with E-state index < -0.39 is 0 Å². The van der Waals surface area contributed by atoms with Gasteiger partial charge in [0.1, 0.15) is 0 Å². The number of aromatic nitrogens is 1. The summed E-state index contributed by atoms with van der Waals surface area (Å²) in [5.41, 5.74) is 1.28. The number of nitrogens with one attached hydrogen (secondary N) is 1. The average Bonchev–Trinajstić information content (AvgIpc) is 2.75. The molecule has 0 amide bonds. The molecule has 0 spiro atoms. The van der Waals surface area contributed by atoms with Crippen molar-refractivity contribution >= 4 is 5.69 Å². The Labute approximate surface area is 90.5 Å². The minimum absolute atomic E-state index is 0.921. The van der Waals surface area contributed by atoms with Crippen LogP contribution in [0.1, 0.15) is 0 Å². The molecule has 1 saturated heterocycles. The summed E-state index contributed by atoms with van der Waals surface area (Å²) in [6.07, 6.45) is 3.72. The second kappa shape index (κ2) is 3.49. The van der Waals surface area contributed by atoms with Crippen molar-refractivity contribution in [3.05, 3.63) is 24.5 Å². The van der Waals surface area contributed by atoms with Gasteiger partial charge in [-0.2, -0.15) is 0 Å². The summed E-state index contributed by atoms with van der Waals surface area (Å²) in [5, 5.41) is 3.44. The molecule has 2 aliphatic rings. The van der Waals surface area contributed by atoms with Crippen molar-refractivity contribution in [2.75, 3.05) is 31.6 Å². The Morgan fingerprint density at radius 2 is 2.00 bits per heavy atom. The normalized spacial score (nSPS) is 32.5. The first-order valence-corrected chi connectivity index (χ1v) is 5.68. The van der Waals surface area contributed by atoms with Crippen LogP contribution in [0.25, 0.3) is 0 Å². The summed E-state index contributed by atoms with van der Waals surface area (Å²) in [7, 11) is 2.18. The van der Waals surface area contributed by atoms with E-state index in [1.54, 1.807) is 0 Å². The topological polar surface area (TPSA) is 28.2 Å². The van der Waals surface area contributed by atoms with E-state index in [2.05, 4.69) is 34.4 Å². The number of piperidine rings is 1. The Morgan fingerprint density at radius 1 is 1.33 bits per heavy atom. The maximum atomic E-state index is 4.04. The van der Waals surface area contributed by atoms with Gasteiger partial charge in [-0.1, -0.05) is 0 Å². The van der Waals surface area contributed by atoms with E-state index in [0.29, 0.717) is 0 Å². The van der Waals surface area contributed by atoms with Crippen molar-refractivity contribution in [1.29, 1.82) is 0 Å². The highest BCUT2D eigenvalue weighted by atomic mass is 15.1. The highest BCUT2D eigenvalue weighted by Crippen LogP contribution is 2.48. The van der Waals surface area contributed by atoms with Crippen LogP contribution in [-0.2, 0) is 0 Å². The summed E-state index contributed by atoms with van der Waals surface area (Å²) in [6, 6.07) is 4.16. The summed E-state index contributed by atoms with van der Waals surface area (Å²) in [5.74, 6) is 2.83. The quantitative estimate of drug-likeness (QED) is 0.794. The molecule has 3 heteroatoms. The second-order valence-corrected chi connectivity index (χ2v) is 4.74. The summed E-state index contributed by atoms with van der Waals surface area (Å²) < 4.78 is 0. The third-order valence-electron chi connectivity index (χ3n) is 3.86. The van der Waals surface area contributed by atoms with Crippen molar-refractivity contribution in [2.24, 2.45) is 17.8 Å². The highest BCUT2D eigenvalue weighted by Gasteiger charge is 2.52. The van der Waals surface area contributed by atoms with Gasteiger partial charge in [0.2, 0.25) is 0 Å². The van der Waals surface area contributed by atoms with Crippen LogP contribution in [-0.4, -0.2) is 31.7 Å². The molecule has 3 nitrogen and oxygen atoms in total. The summed E-state index contributed by atoms with van der Waals surface area (Å²) >= 11 is 0. The minimum atomic E-state index is 0.921. The van der Waals surface area contributed by atoms with Crippen molar-refractivity contribution in [3.63, 3.8) is 0 Å². The molecule has 1 aromatic rings. The van der Waals surface area contributed by atoms with Crippen molar-refractivity contribution in [3.8, 4) is 0 Å². The average molecular weight is 203 g/mol. The predicted octanol–water partition coefficient (Wildman–Crippen LogP) is 0.983. The minimum Gasteiger partial charge on any atom is -0.374 e. The fourth-order valence-corrected chi connectivity index (χ4v) is 2.84. The molecular formula is C12H17N3. The number of anilines is 1. The van der Waals surface area contributed by atoms with E-state index in [9.17, 15) is 0 Å². The molecule has 1 aliphatic heterocycles. The van der Waals surface area contributed by atoms with Gasteiger partial charge >= 0.3 is 0 Å². The number of rotatable bonds is 3. The van der Waals surface area contributed by atoms with Gasteiger partial charge in [-0.15, -0.1) is 0 Å². The Bertz CT molecular complexity index is 328. The standard InChI is InChI=1S/C12H17N3/c1-15(9-2-4-13-5-3-9)8-12-10-6-14-7-11(10)12/h2-5,10-12,14H,6-8H2,1H3. The molecule has 15 heavy (non-hydrogen) atoms. The Morgan fingerprint density at radius 3 is 2.67 bits per heavy atom. The third-order valence-corrected chi connectivity index (χ3v) is 3.86. The smallest absolute Gasteiger partial charge is 0.0394 e. The monoisotopic (exact) mass is 203 g/mol. The van der Waals surface area contributed by atoms with E-state index >= 15 is 0 Å². The second-order valence-electron chi connectivity index (χ2n) is 4.74. The van der Waals surface area contributed by atoms with Gasteiger partial charge in [0.05, 0.1) is 0 Å². The van der Waals surface area contributed by atoms with E-state index in [1.165, 1.54) is 25.3 Å². The fourth-order valence-electron chi connectivity index (χ4n) is 2.84. The molecule has 2 fully saturated rings. The van der Waals surface area contributed by atoms with Crippen molar-refractivity contribution in [2.45, 2.75) is 0 Å². The number of fused-ring (bicyclic) bond motifs is 1. The molecule has 1 saturated carbocycles. The fraction of sp³-hybridized carbons (Fsp3) is 0.583. The lowest BCUT2D eigenvalue weighted by molar-refractivity contribution is 0.592. The zero-order valence-electron chi connectivity index (χ0n) is 9.06. The van der Waals surface area contributed by atoms with Gasteiger partial charge in [-0.25, -0.2) is 0 Å². The number of hydrogen-bond donors (Lipinski definition) is 1. The molecule has 2 heterocycles. The van der Waals surface area contributed by atoms with Crippen molar-refractivity contribution in [1.82, 2.24) is 10.3 Å². The Hall–Kier alpha value is -1.09. The zero-order chi connectivity index (χ0) is 10.3. The molecule has 3 rings (SSSR count). The lowest BCUT2D eigenvalue weighted by Crippen LogP contribution is -2.25. The summed E-state index contributed by atoms with van der Waals surface area (Å²) in [4.78, 5) is 6.39. The first kappa shape index (κ1) is 9.16. The van der Waals surface area contributed by atoms with E-state index in [-0.39, 0.29) is 0 Å². The number of nitrogens with zero attached hydrogens (tertiary/aromatic N) is 2. The van der Waals surface area contributed by atoms with Crippen LogP contribution in [0.2, 0.25) is 0 Å². The van der Waals surface area contributed by atoms with Crippen LogP contribution in [0.4, 0.5) is 5.69 Å². The first-order chi connectivity index (χ1) is 7.36. The van der Waals surface area contributed by atoms with Crippen molar-refractivity contribution < 1.29 is 0 Å². The Balaban J connectivity index is 1.60. The van der Waals surface area contributed by atoms with Gasteiger partial charge in [0.25, 0.3) is 0 Å². The van der Waals surface area contributed by atoms with Gasteiger partial charge in [0.15, 0.2) is 0 Å². The lowest BCUT2D eigenvalue weighted by Gasteiger charge is -2.20. The summed E-state index contributed by atoms with van der Waals surface area (Å²) in [6.45, 7) is 3.67. The molecule has 1 aromatic heterocycles. The van der Waals surface area contributed by atoms with E-state index in [4.69, 9.17) is 0 Å². The Kier molecular flexibility index (Phi) is 2.13. The van der Waals surface area contributed by atoms with Gasteiger partial charge < -0.3 is 10.2 Å². The largest absolute Gasteiger partial charge is 0.374 e. The van der Waals surface area contributed by atoms with Crippen LogP contribution in [0.3, 0.4) is 0 Å². The van der Waals surface area contributed by atoms with Crippen LogP contribution in [0, 0.1) is 17.8 Å². The van der Waals surface area contributed by atoms with Crippen LogP contribution in [0.5, 0.6) is 0 Å². The molecule has 0 radical (unpaired) electrons. The molecule has 2 unspecified atom stereocenters. The maximum Gasteiger partial charge on any atom is 0.0394 e. The van der Waals surface area contributed by atoms with Gasteiger partial charge in [-0.05, 0) is 43.0 Å². The predicted molar refractivity (Wildman–Crippen MR) is 60.8 cm³/mol. The van der Waals surface area contributed by atoms with Crippen LogP contribution < -0.4 is 10.2 Å². The number of pyridine rings is 1. The van der Waals surface area contributed by atoms with Crippen LogP contribution >= 0.6 is 0 Å². The van der Waals surface area contributed by atoms with E-state index in [0.717, 1.165) is 17.8 Å². The molecule has 1 N–H and O–H groups in total. The maximum absolute atomic E-state index is 4.04. The molecule has 0 bridgehead atoms. The highest BCUT2D eigenvalue weighted by molar-refractivity contribution is 5.44. The molecule has 80 valence electrons. The van der Waals surface area contributed by atoms with Gasteiger partial charge in [0, 0.05) is 31.7 Å². The third kappa shape index (κ3) is 1.61.